The summed E-state index contributed by atoms with van der Waals surface area (Å²) in [5, 5.41) is 3.54. The van der Waals surface area contributed by atoms with Gasteiger partial charge in [0.2, 0.25) is 0 Å². The van der Waals surface area contributed by atoms with Crippen molar-refractivity contribution in [1.82, 2.24) is 0 Å². The molecule has 2 rings (SSSR count). The topological polar surface area (TPSA) is 21.3 Å². The van der Waals surface area contributed by atoms with E-state index in [4.69, 9.17) is 4.74 Å². The molecule has 1 N–H and O–H groups in total. The van der Waals surface area contributed by atoms with Crippen LogP contribution in [0.5, 0.6) is 5.75 Å². The van der Waals surface area contributed by atoms with Crippen LogP contribution < -0.4 is 10.1 Å². The minimum absolute atomic E-state index is 0.251. The summed E-state index contributed by atoms with van der Waals surface area (Å²) in [5.74, 6) is 1.82. The molecule has 0 bridgehead atoms. The van der Waals surface area contributed by atoms with E-state index in [-0.39, 0.29) is 5.82 Å². The number of nitrogens with one attached hydrogen (secondary N) is 1. The van der Waals surface area contributed by atoms with E-state index in [1.54, 1.807) is 6.07 Å². The predicted molar refractivity (Wildman–Crippen MR) is 77.2 cm³/mol. The van der Waals surface area contributed by atoms with Crippen LogP contribution in [0.15, 0.2) is 18.2 Å². The minimum atomic E-state index is -0.251. The van der Waals surface area contributed by atoms with E-state index >= 15 is 0 Å². The highest BCUT2D eigenvalue weighted by Gasteiger charge is 2.25. The largest absolute Gasteiger partial charge is 0.492 e. The van der Waals surface area contributed by atoms with Crippen molar-refractivity contribution >= 4 is 5.69 Å². The first-order valence-electron chi connectivity index (χ1n) is 7.29. The Kier molecular flexibility index (Phi) is 4.67. The van der Waals surface area contributed by atoms with Gasteiger partial charge in [0.25, 0.3) is 0 Å². The highest BCUT2D eigenvalue weighted by molar-refractivity contribution is 5.57. The molecule has 0 saturated heterocycles. The Morgan fingerprint density at radius 1 is 1.32 bits per heavy atom. The second kappa shape index (κ2) is 6.27. The zero-order chi connectivity index (χ0) is 13.8. The van der Waals surface area contributed by atoms with Crippen molar-refractivity contribution in [2.24, 2.45) is 11.8 Å². The van der Waals surface area contributed by atoms with Crippen LogP contribution in [0.3, 0.4) is 0 Å². The molecule has 0 radical (unpaired) electrons. The van der Waals surface area contributed by atoms with Crippen molar-refractivity contribution < 1.29 is 9.13 Å². The van der Waals surface area contributed by atoms with E-state index in [1.165, 1.54) is 31.4 Å². The van der Waals surface area contributed by atoms with Crippen LogP contribution in [-0.2, 0) is 0 Å². The lowest BCUT2D eigenvalue weighted by Crippen LogP contribution is -2.33. The molecule has 1 aromatic rings. The van der Waals surface area contributed by atoms with E-state index in [1.807, 2.05) is 6.92 Å². The van der Waals surface area contributed by atoms with Crippen molar-refractivity contribution in [1.29, 1.82) is 0 Å². The lowest BCUT2D eigenvalue weighted by molar-refractivity contribution is 0.275. The fourth-order valence-corrected chi connectivity index (χ4v) is 2.97. The Bertz CT molecular complexity index is 421. The van der Waals surface area contributed by atoms with Gasteiger partial charge in [-0.15, -0.1) is 0 Å². The zero-order valence-electron chi connectivity index (χ0n) is 12.1. The van der Waals surface area contributed by atoms with Crippen molar-refractivity contribution in [3.63, 3.8) is 0 Å². The number of ether oxygens (including phenoxy) is 1. The maximum Gasteiger partial charge on any atom is 0.145 e. The van der Waals surface area contributed by atoms with Gasteiger partial charge in [-0.25, -0.2) is 4.39 Å². The number of halogens is 1. The van der Waals surface area contributed by atoms with Crippen LogP contribution in [0.1, 0.15) is 40.0 Å². The maximum atomic E-state index is 13.3. The first-order valence-corrected chi connectivity index (χ1v) is 7.29. The van der Waals surface area contributed by atoms with Gasteiger partial charge in [-0.3, -0.25) is 0 Å². The van der Waals surface area contributed by atoms with Crippen molar-refractivity contribution in [2.45, 2.75) is 46.1 Å². The summed E-state index contributed by atoms with van der Waals surface area (Å²) in [4.78, 5) is 0. The van der Waals surface area contributed by atoms with E-state index in [9.17, 15) is 4.39 Å². The Balaban J connectivity index is 2.09. The number of rotatable bonds is 4. The Labute approximate surface area is 115 Å². The zero-order valence-corrected chi connectivity index (χ0v) is 12.1. The van der Waals surface area contributed by atoms with Gasteiger partial charge in [0.05, 0.1) is 12.3 Å². The third kappa shape index (κ3) is 3.62. The summed E-state index contributed by atoms with van der Waals surface area (Å²) < 4.78 is 18.8. The standard InChI is InChI=1S/C16H24FNO/c1-4-19-16-10-13(17)6-8-15(16)18-14-7-5-11(2)9-12(14)3/h6,8,10-12,14,18H,4-5,7,9H2,1-3H3. The molecule has 3 atom stereocenters. The molecule has 2 nitrogen and oxygen atoms in total. The molecule has 106 valence electrons. The second-order valence-corrected chi connectivity index (χ2v) is 5.72. The molecule has 3 heteroatoms. The third-order valence-electron chi connectivity index (χ3n) is 4.02. The monoisotopic (exact) mass is 265 g/mol. The number of anilines is 1. The van der Waals surface area contributed by atoms with Gasteiger partial charge in [0, 0.05) is 12.1 Å². The van der Waals surface area contributed by atoms with E-state index in [0.717, 1.165) is 11.6 Å². The molecule has 0 aliphatic heterocycles. The van der Waals surface area contributed by atoms with Crippen LogP contribution in [0.2, 0.25) is 0 Å². The number of hydrogen-bond acceptors (Lipinski definition) is 2. The normalized spacial score (nSPS) is 27.1. The molecule has 0 spiro atoms. The molecular formula is C16H24FNO. The van der Waals surface area contributed by atoms with Gasteiger partial charge in [-0.2, -0.15) is 0 Å². The molecule has 0 aromatic heterocycles. The third-order valence-corrected chi connectivity index (χ3v) is 4.02. The lowest BCUT2D eigenvalue weighted by atomic mass is 9.80. The molecule has 1 aromatic carbocycles. The first kappa shape index (κ1) is 14.2. The van der Waals surface area contributed by atoms with Crippen molar-refractivity contribution in [3.8, 4) is 5.75 Å². The predicted octanol–water partition coefficient (Wildman–Crippen LogP) is 4.46. The Morgan fingerprint density at radius 2 is 2.11 bits per heavy atom. The fourth-order valence-electron chi connectivity index (χ4n) is 2.97. The van der Waals surface area contributed by atoms with Crippen molar-refractivity contribution in [2.75, 3.05) is 11.9 Å². The number of hydrogen-bond donors (Lipinski definition) is 1. The van der Waals surface area contributed by atoms with E-state index < -0.39 is 0 Å². The second-order valence-electron chi connectivity index (χ2n) is 5.72. The summed E-state index contributed by atoms with van der Waals surface area (Å²) in [7, 11) is 0. The Hall–Kier alpha value is -1.25. The molecule has 19 heavy (non-hydrogen) atoms. The fraction of sp³-hybridized carbons (Fsp3) is 0.625. The van der Waals surface area contributed by atoms with Gasteiger partial charge in [0.1, 0.15) is 11.6 Å². The molecule has 3 unspecified atom stereocenters. The molecule has 1 saturated carbocycles. The number of benzene rings is 1. The minimum Gasteiger partial charge on any atom is -0.492 e. The van der Waals surface area contributed by atoms with Crippen LogP contribution >= 0.6 is 0 Å². The van der Waals surface area contributed by atoms with Crippen molar-refractivity contribution in [3.05, 3.63) is 24.0 Å². The summed E-state index contributed by atoms with van der Waals surface area (Å²) in [5.41, 5.74) is 0.912. The summed E-state index contributed by atoms with van der Waals surface area (Å²) in [6.45, 7) is 7.07. The quantitative estimate of drug-likeness (QED) is 0.867. The summed E-state index contributed by atoms with van der Waals surface area (Å²) >= 11 is 0. The summed E-state index contributed by atoms with van der Waals surface area (Å²) in [6, 6.07) is 5.19. The summed E-state index contributed by atoms with van der Waals surface area (Å²) in [6.07, 6.45) is 3.68. The van der Waals surface area contributed by atoms with Crippen LogP contribution in [-0.4, -0.2) is 12.6 Å². The van der Waals surface area contributed by atoms with Crippen LogP contribution in [0, 0.1) is 17.7 Å². The van der Waals surface area contributed by atoms with E-state index in [0.29, 0.717) is 24.3 Å². The average molecular weight is 265 g/mol. The Morgan fingerprint density at radius 3 is 2.79 bits per heavy atom. The molecular weight excluding hydrogens is 241 g/mol. The van der Waals surface area contributed by atoms with E-state index in [2.05, 4.69) is 19.2 Å². The van der Waals surface area contributed by atoms with Gasteiger partial charge >= 0.3 is 0 Å². The molecule has 1 aliphatic rings. The van der Waals surface area contributed by atoms with Crippen LogP contribution in [0.25, 0.3) is 0 Å². The highest BCUT2D eigenvalue weighted by Crippen LogP contribution is 2.33. The molecule has 1 aliphatic carbocycles. The average Bonchev–Trinajstić information content (AvgIpc) is 2.36. The van der Waals surface area contributed by atoms with Gasteiger partial charge in [-0.1, -0.05) is 13.8 Å². The lowest BCUT2D eigenvalue weighted by Gasteiger charge is -2.34. The first-order chi connectivity index (χ1) is 9.10. The smallest absolute Gasteiger partial charge is 0.145 e. The van der Waals surface area contributed by atoms with Crippen LogP contribution in [0.4, 0.5) is 10.1 Å². The molecule has 1 fully saturated rings. The van der Waals surface area contributed by atoms with Gasteiger partial charge in [0.15, 0.2) is 0 Å². The molecule has 0 amide bonds. The SMILES string of the molecule is CCOc1cc(F)ccc1NC1CCC(C)CC1C. The van der Waals surface area contributed by atoms with Gasteiger partial charge < -0.3 is 10.1 Å². The van der Waals surface area contributed by atoms with Gasteiger partial charge in [-0.05, 0) is 50.2 Å². The highest BCUT2D eigenvalue weighted by atomic mass is 19.1. The molecule has 0 heterocycles. The maximum absolute atomic E-state index is 13.3.